The maximum absolute atomic E-state index is 12.0. The molecule has 0 aromatic carbocycles. The quantitative estimate of drug-likeness (QED) is 0.889. The van der Waals surface area contributed by atoms with E-state index in [1.807, 2.05) is 19.4 Å². The van der Waals surface area contributed by atoms with Gasteiger partial charge in [0.25, 0.3) is 0 Å². The molecule has 2 aromatic heterocycles. The van der Waals surface area contributed by atoms with E-state index >= 15 is 0 Å². The number of amides is 1. The van der Waals surface area contributed by atoms with Crippen LogP contribution in [-0.4, -0.2) is 20.8 Å². The second kappa shape index (κ2) is 3.97. The van der Waals surface area contributed by atoms with Gasteiger partial charge in [-0.3, -0.25) is 9.48 Å². The molecule has 1 N–H and O–H groups in total. The molecule has 2 heterocycles. The molecule has 1 aliphatic rings. The minimum absolute atomic E-state index is 0.00264. The average Bonchev–Trinajstić information content (AvgIpc) is 2.86. The molecule has 94 valence electrons. The van der Waals surface area contributed by atoms with Crippen molar-refractivity contribution < 1.29 is 9.32 Å². The van der Waals surface area contributed by atoms with E-state index in [2.05, 4.69) is 15.6 Å². The molecule has 2 aromatic rings. The zero-order chi connectivity index (χ0) is 12.7. The SMILES string of the molecule is Cc1cc(NC(=O)C2CC2c2cnn(C)c2)no1. The smallest absolute Gasteiger partial charge is 0.229 e. The summed E-state index contributed by atoms with van der Waals surface area (Å²) < 4.78 is 6.66. The fraction of sp³-hybridized carbons (Fsp3) is 0.417. The van der Waals surface area contributed by atoms with E-state index in [0.717, 1.165) is 12.0 Å². The van der Waals surface area contributed by atoms with Crippen LogP contribution in [-0.2, 0) is 11.8 Å². The van der Waals surface area contributed by atoms with Crippen LogP contribution in [0.25, 0.3) is 0 Å². The molecule has 0 spiro atoms. The number of aromatic nitrogens is 3. The lowest BCUT2D eigenvalue weighted by molar-refractivity contribution is -0.117. The molecular formula is C12H14N4O2. The Kier molecular flexibility index (Phi) is 2.43. The maximum Gasteiger partial charge on any atom is 0.229 e. The van der Waals surface area contributed by atoms with Crippen molar-refractivity contribution in [1.82, 2.24) is 14.9 Å². The molecule has 2 unspecified atom stereocenters. The molecule has 1 amide bonds. The van der Waals surface area contributed by atoms with Crippen LogP contribution in [0.5, 0.6) is 0 Å². The monoisotopic (exact) mass is 246 g/mol. The summed E-state index contributed by atoms with van der Waals surface area (Å²) in [7, 11) is 1.87. The lowest BCUT2D eigenvalue weighted by Gasteiger charge is -1.99. The van der Waals surface area contributed by atoms with Crippen LogP contribution in [0.15, 0.2) is 23.0 Å². The second-order valence-electron chi connectivity index (χ2n) is 4.71. The van der Waals surface area contributed by atoms with Gasteiger partial charge >= 0.3 is 0 Å². The molecule has 6 nitrogen and oxygen atoms in total. The van der Waals surface area contributed by atoms with Gasteiger partial charge in [-0.05, 0) is 24.8 Å². The Bertz CT molecular complexity index is 586. The minimum atomic E-state index is -0.00264. The van der Waals surface area contributed by atoms with E-state index in [-0.39, 0.29) is 17.7 Å². The van der Waals surface area contributed by atoms with E-state index in [0.29, 0.717) is 11.6 Å². The molecule has 0 aliphatic heterocycles. The third kappa shape index (κ3) is 2.01. The highest BCUT2D eigenvalue weighted by Crippen LogP contribution is 2.47. The number of rotatable bonds is 3. The van der Waals surface area contributed by atoms with Gasteiger partial charge in [0, 0.05) is 25.2 Å². The van der Waals surface area contributed by atoms with Crippen molar-refractivity contribution in [3.8, 4) is 0 Å². The average molecular weight is 246 g/mol. The summed E-state index contributed by atoms with van der Waals surface area (Å²) in [5.74, 6) is 1.47. The standard InChI is InChI=1S/C12H14N4O2/c1-7-3-11(15-18-7)14-12(17)10-4-9(10)8-5-13-16(2)6-8/h3,5-6,9-10H,4H2,1-2H3,(H,14,15,17). The van der Waals surface area contributed by atoms with Crippen LogP contribution in [0.2, 0.25) is 0 Å². The van der Waals surface area contributed by atoms with Crippen molar-refractivity contribution in [3.05, 3.63) is 29.8 Å². The summed E-state index contributed by atoms with van der Waals surface area (Å²) >= 11 is 0. The highest BCUT2D eigenvalue weighted by atomic mass is 16.5. The highest BCUT2D eigenvalue weighted by molar-refractivity contribution is 5.94. The first-order chi connectivity index (χ1) is 8.63. The molecule has 1 fully saturated rings. The molecule has 2 atom stereocenters. The topological polar surface area (TPSA) is 73.0 Å². The molecule has 0 saturated heterocycles. The van der Waals surface area contributed by atoms with Gasteiger partial charge in [0.05, 0.1) is 6.20 Å². The van der Waals surface area contributed by atoms with Gasteiger partial charge in [-0.2, -0.15) is 5.10 Å². The predicted molar refractivity (Wildman–Crippen MR) is 63.9 cm³/mol. The van der Waals surface area contributed by atoms with Crippen molar-refractivity contribution >= 4 is 11.7 Å². The summed E-state index contributed by atoms with van der Waals surface area (Å²) in [5, 5.41) is 10.6. The third-order valence-electron chi connectivity index (χ3n) is 3.16. The van der Waals surface area contributed by atoms with Crippen LogP contribution in [0.4, 0.5) is 5.82 Å². The molecule has 6 heteroatoms. The van der Waals surface area contributed by atoms with Gasteiger partial charge in [-0.25, -0.2) is 0 Å². The second-order valence-corrected chi connectivity index (χ2v) is 4.71. The number of nitrogens with one attached hydrogen (secondary N) is 1. The maximum atomic E-state index is 12.0. The molecule has 3 rings (SSSR count). The molecule has 0 radical (unpaired) electrons. The van der Waals surface area contributed by atoms with Crippen molar-refractivity contribution in [2.75, 3.05) is 5.32 Å². The van der Waals surface area contributed by atoms with E-state index in [1.54, 1.807) is 17.7 Å². The lowest BCUT2D eigenvalue weighted by Crippen LogP contribution is -2.14. The Labute approximate surface area is 104 Å². The number of nitrogens with zero attached hydrogens (tertiary/aromatic N) is 3. The Morgan fingerprint density at radius 2 is 2.44 bits per heavy atom. The van der Waals surface area contributed by atoms with E-state index < -0.39 is 0 Å². The number of anilines is 1. The van der Waals surface area contributed by atoms with E-state index in [1.165, 1.54) is 0 Å². The number of carbonyl (C=O) groups is 1. The first-order valence-electron chi connectivity index (χ1n) is 5.86. The Balaban J connectivity index is 1.62. The van der Waals surface area contributed by atoms with Crippen LogP contribution in [0.3, 0.4) is 0 Å². The number of carbonyl (C=O) groups excluding carboxylic acids is 1. The van der Waals surface area contributed by atoms with Crippen molar-refractivity contribution in [1.29, 1.82) is 0 Å². The van der Waals surface area contributed by atoms with E-state index in [4.69, 9.17) is 4.52 Å². The van der Waals surface area contributed by atoms with Crippen molar-refractivity contribution in [2.45, 2.75) is 19.3 Å². The predicted octanol–water partition coefficient (Wildman–Crippen LogP) is 1.46. The molecular weight excluding hydrogens is 232 g/mol. The fourth-order valence-electron chi connectivity index (χ4n) is 2.13. The van der Waals surface area contributed by atoms with Crippen LogP contribution < -0.4 is 5.32 Å². The number of hydrogen-bond acceptors (Lipinski definition) is 4. The van der Waals surface area contributed by atoms with E-state index in [9.17, 15) is 4.79 Å². The van der Waals surface area contributed by atoms with Gasteiger partial charge in [-0.15, -0.1) is 0 Å². The summed E-state index contributed by atoms with van der Waals surface area (Å²) in [5.41, 5.74) is 1.12. The van der Waals surface area contributed by atoms with Gasteiger partial charge in [-0.1, -0.05) is 5.16 Å². The summed E-state index contributed by atoms with van der Waals surface area (Å²) in [6.07, 6.45) is 4.64. The fourth-order valence-corrected chi connectivity index (χ4v) is 2.13. The molecule has 1 saturated carbocycles. The van der Waals surface area contributed by atoms with Crippen molar-refractivity contribution in [2.24, 2.45) is 13.0 Å². The summed E-state index contributed by atoms with van der Waals surface area (Å²) in [6, 6.07) is 1.71. The minimum Gasteiger partial charge on any atom is -0.360 e. The summed E-state index contributed by atoms with van der Waals surface area (Å²) in [6.45, 7) is 1.79. The third-order valence-corrected chi connectivity index (χ3v) is 3.16. The van der Waals surface area contributed by atoms with Gasteiger partial charge < -0.3 is 9.84 Å². The van der Waals surface area contributed by atoms with Crippen LogP contribution in [0, 0.1) is 12.8 Å². The first-order valence-corrected chi connectivity index (χ1v) is 5.86. The first kappa shape index (κ1) is 11.0. The Morgan fingerprint density at radius 3 is 3.06 bits per heavy atom. The molecule has 0 bridgehead atoms. The Hall–Kier alpha value is -2.11. The van der Waals surface area contributed by atoms with Crippen molar-refractivity contribution in [3.63, 3.8) is 0 Å². The number of aryl methyl sites for hydroxylation is 2. The Morgan fingerprint density at radius 1 is 1.61 bits per heavy atom. The zero-order valence-corrected chi connectivity index (χ0v) is 10.3. The summed E-state index contributed by atoms with van der Waals surface area (Å²) in [4.78, 5) is 12.0. The normalized spacial score (nSPS) is 21.9. The van der Waals surface area contributed by atoms with Gasteiger partial charge in [0.2, 0.25) is 5.91 Å². The lowest BCUT2D eigenvalue weighted by atomic mass is 10.2. The zero-order valence-electron chi connectivity index (χ0n) is 10.3. The van der Waals surface area contributed by atoms with Crippen LogP contribution in [0.1, 0.15) is 23.7 Å². The molecule has 18 heavy (non-hydrogen) atoms. The molecule has 1 aliphatic carbocycles. The number of hydrogen-bond donors (Lipinski definition) is 1. The van der Waals surface area contributed by atoms with Crippen LogP contribution >= 0.6 is 0 Å². The highest BCUT2D eigenvalue weighted by Gasteiger charge is 2.44. The van der Waals surface area contributed by atoms with Gasteiger partial charge in [0.1, 0.15) is 5.76 Å². The largest absolute Gasteiger partial charge is 0.360 e. The van der Waals surface area contributed by atoms with Gasteiger partial charge in [0.15, 0.2) is 5.82 Å².